The molecule has 54 valence electrons. The van der Waals surface area contributed by atoms with Crippen LogP contribution in [-0.4, -0.2) is 12.0 Å². The topological polar surface area (TPSA) is 49.8 Å². The first-order valence-electron chi connectivity index (χ1n) is 2.74. The third-order valence-electron chi connectivity index (χ3n) is 1.62. The van der Waals surface area contributed by atoms with Crippen molar-refractivity contribution in [1.29, 1.82) is 5.26 Å². The second-order valence-corrected chi connectivity index (χ2v) is 2.28. The summed E-state index contributed by atoms with van der Waals surface area (Å²) in [5.41, 5.74) is 4.82. The lowest BCUT2D eigenvalue weighted by Crippen LogP contribution is -2.23. The fourth-order valence-corrected chi connectivity index (χ4v) is 0.870. The van der Waals surface area contributed by atoms with E-state index >= 15 is 0 Å². The van der Waals surface area contributed by atoms with Crippen LogP contribution < -0.4 is 5.73 Å². The third-order valence-corrected chi connectivity index (χ3v) is 1.62. The van der Waals surface area contributed by atoms with Crippen molar-refractivity contribution < 1.29 is 8.78 Å². The minimum atomic E-state index is -2.89. The van der Waals surface area contributed by atoms with Gasteiger partial charge in [0.25, 0.3) is 5.92 Å². The molecule has 2 atom stereocenters. The predicted molar refractivity (Wildman–Crippen MR) is 31.2 cm³/mol. The molecule has 0 aromatic heterocycles. The average molecular weight is 144 g/mol. The van der Waals surface area contributed by atoms with Crippen LogP contribution in [0.4, 0.5) is 8.78 Å². The van der Waals surface area contributed by atoms with Crippen molar-refractivity contribution in [3.05, 3.63) is 12.2 Å². The Morgan fingerprint density at radius 3 is 2.30 bits per heavy atom. The molecule has 1 aliphatic rings. The summed E-state index contributed by atoms with van der Waals surface area (Å²) in [7, 11) is 0. The maximum Gasteiger partial charge on any atom is 0.278 e. The van der Waals surface area contributed by atoms with Gasteiger partial charge < -0.3 is 5.73 Å². The van der Waals surface area contributed by atoms with E-state index in [4.69, 9.17) is 11.0 Å². The number of nitriles is 1. The van der Waals surface area contributed by atoms with Crippen LogP contribution in [0.15, 0.2) is 12.2 Å². The van der Waals surface area contributed by atoms with Crippen molar-refractivity contribution in [3.63, 3.8) is 0 Å². The van der Waals surface area contributed by atoms with E-state index in [0.717, 1.165) is 0 Å². The molecule has 1 saturated carbocycles. The standard InChI is InChI=1S/C6H6F2N2/c1-3-5(4(10)2-9)6(3,7)8/h4-5H,1,10H2. The van der Waals surface area contributed by atoms with E-state index in [1.165, 1.54) is 0 Å². The van der Waals surface area contributed by atoms with E-state index in [1.54, 1.807) is 6.07 Å². The van der Waals surface area contributed by atoms with Gasteiger partial charge in [0.2, 0.25) is 0 Å². The molecular formula is C6H6F2N2. The van der Waals surface area contributed by atoms with Gasteiger partial charge in [-0.15, -0.1) is 0 Å². The molecule has 1 fully saturated rings. The van der Waals surface area contributed by atoms with Crippen molar-refractivity contribution in [3.8, 4) is 6.07 Å². The molecule has 0 heterocycles. The van der Waals surface area contributed by atoms with Gasteiger partial charge in [0.15, 0.2) is 0 Å². The van der Waals surface area contributed by atoms with Crippen molar-refractivity contribution in [1.82, 2.24) is 0 Å². The lowest BCUT2D eigenvalue weighted by atomic mass is 10.2. The van der Waals surface area contributed by atoms with Crippen molar-refractivity contribution in [2.24, 2.45) is 11.7 Å². The smallest absolute Gasteiger partial charge is 0.278 e. The molecule has 0 amide bonds. The van der Waals surface area contributed by atoms with Gasteiger partial charge >= 0.3 is 0 Å². The van der Waals surface area contributed by atoms with Crippen molar-refractivity contribution >= 4 is 0 Å². The maximum atomic E-state index is 12.3. The number of nitrogens with two attached hydrogens (primary N) is 1. The van der Waals surface area contributed by atoms with Gasteiger partial charge in [0, 0.05) is 5.57 Å². The predicted octanol–water partition coefficient (Wildman–Crippen LogP) is 0.659. The van der Waals surface area contributed by atoms with Gasteiger partial charge in [0.1, 0.15) is 6.04 Å². The molecular weight excluding hydrogens is 138 g/mol. The summed E-state index contributed by atoms with van der Waals surface area (Å²) in [6.45, 7) is 3.09. The van der Waals surface area contributed by atoms with Crippen LogP contribution in [0.1, 0.15) is 0 Å². The molecule has 4 heteroatoms. The molecule has 1 aliphatic carbocycles. The van der Waals surface area contributed by atoms with Gasteiger partial charge in [-0.05, 0) is 0 Å². The normalized spacial score (nSPS) is 31.0. The van der Waals surface area contributed by atoms with E-state index in [1.807, 2.05) is 0 Å². The third kappa shape index (κ3) is 0.711. The Morgan fingerprint density at radius 2 is 2.20 bits per heavy atom. The molecule has 0 bridgehead atoms. The van der Waals surface area contributed by atoms with E-state index in [2.05, 4.69) is 6.58 Å². The monoisotopic (exact) mass is 144 g/mol. The Bertz CT molecular complexity index is 216. The van der Waals surface area contributed by atoms with Gasteiger partial charge in [-0.3, -0.25) is 0 Å². The first-order chi connectivity index (χ1) is 4.51. The van der Waals surface area contributed by atoms with Crippen LogP contribution in [-0.2, 0) is 0 Å². The summed E-state index contributed by atoms with van der Waals surface area (Å²) in [5, 5.41) is 8.15. The Kier molecular flexibility index (Phi) is 1.26. The molecule has 2 N–H and O–H groups in total. The molecule has 0 aromatic rings. The summed E-state index contributed by atoms with van der Waals surface area (Å²) < 4.78 is 24.6. The Labute approximate surface area is 56.9 Å². The zero-order chi connectivity index (χ0) is 7.94. The van der Waals surface area contributed by atoms with Crippen LogP contribution in [0, 0.1) is 17.2 Å². The Hall–Kier alpha value is -0.950. The molecule has 0 saturated heterocycles. The van der Waals surface area contributed by atoms with Crippen LogP contribution in [0.25, 0.3) is 0 Å². The van der Waals surface area contributed by atoms with Crippen molar-refractivity contribution in [2.75, 3.05) is 0 Å². The van der Waals surface area contributed by atoms with E-state index < -0.39 is 17.9 Å². The number of nitrogens with zero attached hydrogens (tertiary/aromatic N) is 1. The van der Waals surface area contributed by atoms with Gasteiger partial charge in [0.05, 0.1) is 12.0 Å². The first-order valence-corrected chi connectivity index (χ1v) is 2.74. The molecule has 0 aromatic carbocycles. The van der Waals surface area contributed by atoms with Gasteiger partial charge in [-0.2, -0.15) is 5.26 Å². The molecule has 0 spiro atoms. The van der Waals surface area contributed by atoms with Gasteiger partial charge in [-0.1, -0.05) is 6.58 Å². The number of rotatable bonds is 1. The second-order valence-electron chi connectivity index (χ2n) is 2.28. The minimum Gasteiger partial charge on any atom is -0.315 e. The molecule has 1 rings (SSSR count). The molecule has 10 heavy (non-hydrogen) atoms. The van der Waals surface area contributed by atoms with Crippen LogP contribution in [0.2, 0.25) is 0 Å². The maximum absolute atomic E-state index is 12.3. The summed E-state index contributed by atoms with van der Waals surface area (Å²) in [6.07, 6.45) is 0. The number of alkyl halides is 2. The summed E-state index contributed by atoms with van der Waals surface area (Å²) in [4.78, 5) is 0. The zero-order valence-corrected chi connectivity index (χ0v) is 5.14. The molecule has 2 unspecified atom stereocenters. The number of halogens is 2. The Morgan fingerprint density at radius 1 is 1.80 bits per heavy atom. The van der Waals surface area contributed by atoms with Crippen LogP contribution >= 0.6 is 0 Å². The lowest BCUT2D eigenvalue weighted by molar-refractivity contribution is 0.107. The highest BCUT2D eigenvalue weighted by molar-refractivity contribution is 5.38. The highest BCUT2D eigenvalue weighted by atomic mass is 19.3. The summed E-state index contributed by atoms with van der Waals surface area (Å²) >= 11 is 0. The molecule has 2 nitrogen and oxygen atoms in total. The molecule has 0 aliphatic heterocycles. The summed E-state index contributed by atoms with van der Waals surface area (Å²) in [6, 6.07) is 0.441. The highest BCUT2D eigenvalue weighted by Crippen LogP contribution is 2.54. The van der Waals surface area contributed by atoms with Crippen molar-refractivity contribution in [2.45, 2.75) is 12.0 Å². The fraction of sp³-hybridized carbons (Fsp3) is 0.500. The average Bonchev–Trinajstić information content (AvgIpc) is 2.33. The summed E-state index contributed by atoms with van der Waals surface area (Å²) in [5.74, 6) is -4.01. The SMILES string of the molecule is C=C1C(C(N)C#N)C1(F)F. The number of hydrogen-bond acceptors (Lipinski definition) is 2. The quantitative estimate of drug-likeness (QED) is 0.549. The van der Waals surface area contributed by atoms with Gasteiger partial charge in [-0.25, -0.2) is 8.78 Å². The highest BCUT2D eigenvalue weighted by Gasteiger charge is 2.64. The Balaban J connectivity index is 2.68. The number of hydrogen-bond donors (Lipinski definition) is 1. The van der Waals surface area contributed by atoms with Crippen LogP contribution in [0.3, 0.4) is 0 Å². The van der Waals surface area contributed by atoms with E-state index in [9.17, 15) is 8.78 Å². The zero-order valence-electron chi connectivity index (χ0n) is 5.14. The largest absolute Gasteiger partial charge is 0.315 e. The lowest BCUT2D eigenvalue weighted by Gasteiger charge is -1.95. The first kappa shape index (κ1) is 7.16. The minimum absolute atomic E-state index is 0.221. The fourth-order valence-electron chi connectivity index (χ4n) is 0.870. The second kappa shape index (κ2) is 1.77. The van der Waals surface area contributed by atoms with E-state index in [-0.39, 0.29) is 5.57 Å². The van der Waals surface area contributed by atoms with E-state index in [0.29, 0.717) is 0 Å². The van der Waals surface area contributed by atoms with Crippen LogP contribution in [0.5, 0.6) is 0 Å². The molecule has 0 radical (unpaired) electrons.